The molecule has 5 heterocycles. The number of fused-ring (bicyclic) bond motifs is 8. The minimum atomic E-state index is -0.111. The molecule has 0 unspecified atom stereocenters. The van der Waals surface area contributed by atoms with Gasteiger partial charge in [-0.1, -0.05) is 111 Å². The van der Waals surface area contributed by atoms with E-state index in [1.54, 1.807) is 0 Å². The van der Waals surface area contributed by atoms with Crippen molar-refractivity contribution in [2.45, 2.75) is 135 Å². The van der Waals surface area contributed by atoms with Gasteiger partial charge in [0, 0.05) is 0 Å². The van der Waals surface area contributed by atoms with E-state index in [9.17, 15) is 0 Å². The van der Waals surface area contributed by atoms with Gasteiger partial charge in [-0.25, -0.2) is 19.9 Å². The molecule has 0 aliphatic carbocycles. The first-order chi connectivity index (χ1) is 28.0. The Kier molecular flexibility index (Phi) is 16.2. The van der Waals surface area contributed by atoms with E-state index in [0.717, 1.165) is 5.52 Å². The molecule has 2 aliphatic rings. The average Bonchev–Trinajstić information content (AvgIpc) is 3.79. The number of nitrogens with zero attached hydrogens (tertiary/aromatic N) is 4. The van der Waals surface area contributed by atoms with Crippen molar-refractivity contribution in [3.8, 4) is 11.5 Å². The second-order valence-corrected chi connectivity index (χ2v) is 22.0. The Bertz CT molecular complexity index is 2220. The lowest BCUT2D eigenvalue weighted by Gasteiger charge is -2.26. The van der Waals surface area contributed by atoms with Crippen molar-refractivity contribution in [2.24, 2.45) is 47.3 Å². The summed E-state index contributed by atoms with van der Waals surface area (Å²) in [7, 11) is 0. The third-order valence-electron chi connectivity index (χ3n) is 10.8. The van der Waals surface area contributed by atoms with Crippen LogP contribution in [0, 0.1) is 47.3 Å². The minimum Gasteiger partial charge on any atom is -0.486 e. The maximum atomic E-state index is 6.93. The van der Waals surface area contributed by atoms with E-state index in [4.69, 9.17) is 38.9 Å². The summed E-state index contributed by atoms with van der Waals surface area (Å²) in [5.41, 5.74) is 3.64. The van der Waals surface area contributed by atoms with Crippen molar-refractivity contribution >= 4 is 107 Å². The lowest BCUT2D eigenvalue weighted by Crippen LogP contribution is -2.29. The number of ether oxygens (including phenoxy) is 4. The highest BCUT2D eigenvalue weighted by Crippen LogP contribution is 2.44. The van der Waals surface area contributed by atoms with Crippen LogP contribution in [0.3, 0.4) is 0 Å². The number of H-pyrrole nitrogens is 2. The number of rotatable bonds is 16. The third kappa shape index (κ3) is 10.5. The first-order valence-electron chi connectivity index (χ1n) is 21.4. The molecule has 0 saturated heterocycles. The zero-order valence-electron chi connectivity index (χ0n) is 38.0. The highest BCUT2D eigenvalue weighted by Gasteiger charge is 2.33. The molecule has 5 rings (SSSR count). The Hall–Kier alpha value is -2.42. The predicted molar refractivity (Wildman–Crippen MR) is 261 cm³/mol. The first-order valence-corrected chi connectivity index (χ1v) is 24.5. The van der Waals surface area contributed by atoms with Crippen LogP contribution < -0.4 is 9.47 Å². The molecule has 330 valence electrons. The fourth-order valence-electron chi connectivity index (χ4n) is 8.12. The molecule has 3 aromatic heterocycles. The molecule has 0 radical (unpaired) electrons. The Labute approximate surface area is 390 Å². The molecular weight excluding hydrogens is 1020 g/mol. The van der Waals surface area contributed by atoms with Crippen molar-refractivity contribution in [3.05, 3.63) is 44.1 Å². The van der Waals surface area contributed by atoms with Crippen molar-refractivity contribution in [1.29, 1.82) is 0 Å². The highest BCUT2D eigenvalue weighted by molar-refractivity contribution is 9.15. The SMILES string of the molecule is CC(C)C(OC1=C(Br)c2cc3nc(nc4[nH]c(cc5[nH]c(nc1n2)c(Br)c5OC(C(C)C)C(C)C)c(Br)c4OC(C(C)C)C(C)C)C(OC(C(C)C)C(C)C)=C3Br)C(C)C. The standard InChI is InChI=1S/C46H64Br4N6O4/c1-19(2)35(20(3)4)57-39-30-18-29-33(49)42(60-38(25(13)14)26(15)16)46(53-29)56-45-41(59-37(23(9)10)24(11)12)32(48)28(52-45)17-27-31(47)40(58-36(21(5)6)22(7)8)44(51-27)55-43(54-30)34(39)50/h17-26,35-38H,1-16H3,(H,51,54,55)(H,52,53,56). The van der Waals surface area contributed by atoms with E-state index >= 15 is 0 Å². The van der Waals surface area contributed by atoms with Crippen LogP contribution in [0.1, 0.15) is 134 Å². The van der Waals surface area contributed by atoms with Gasteiger partial charge in [0.1, 0.15) is 28.9 Å². The lowest BCUT2D eigenvalue weighted by atomic mass is 9.96. The fraction of sp³-hybridized carbons (Fsp3) is 0.609. The molecule has 0 fully saturated rings. The van der Waals surface area contributed by atoms with Gasteiger partial charge in [0.25, 0.3) is 0 Å². The molecule has 60 heavy (non-hydrogen) atoms. The zero-order valence-corrected chi connectivity index (χ0v) is 44.4. The summed E-state index contributed by atoms with van der Waals surface area (Å²) in [6.07, 6.45) is -0.398. The van der Waals surface area contributed by atoms with Gasteiger partial charge in [-0.15, -0.1) is 0 Å². The molecule has 0 atom stereocenters. The molecule has 8 bridgehead atoms. The summed E-state index contributed by atoms with van der Waals surface area (Å²) < 4.78 is 30.3. The lowest BCUT2D eigenvalue weighted by molar-refractivity contribution is 0.0776. The van der Waals surface area contributed by atoms with Crippen molar-refractivity contribution in [2.75, 3.05) is 0 Å². The van der Waals surface area contributed by atoms with Gasteiger partial charge in [0.15, 0.2) is 46.0 Å². The molecule has 14 heteroatoms. The number of aromatic amines is 2. The Morgan fingerprint density at radius 2 is 0.750 bits per heavy atom. The first kappa shape index (κ1) is 48.6. The number of aromatic nitrogens is 6. The summed E-state index contributed by atoms with van der Waals surface area (Å²) in [6.45, 7) is 34.7. The quantitative estimate of drug-likeness (QED) is 0.146. The topological polar surface area (TPSA) is 120 Å². The number of hydrogen-bond donors (Lipinski definition) is 2. The van der Waals surface area contributed by atoms with Gasteiger partial charge in [-0.05, 0) is 123 Å². The normalized spacial score (nSPS) is 14.0. The van der Waals surface area contributed by atoms with E-state index in [1.165, 1.54) is 0 Å². The van der Waals surface area contributed by atoms with E-state index in [-0.39, 0.29) is 71.8 Å². The Balaban J connectivity index is 1.97. The summed E-state index contributed by atoms with van der Waals surface area (Å²) >= 11 is 15.7. The summed E-state index contributed by atoms with van der Waals surface area (Å²) in [4.78, 5) is 27.8. The van der Waals surface area contributed by atoms with Crippen LogP contribution in [0.5, 0.6) is 11.5 Å². The van der Waals surface area contributed by atoms with Gasteiger partial charge in [-0.3, -0.25) is 0 Å². The summed E-state index contributed by atoms with van der Waals surface area (Å²) in [6, 6.07) is 3.91. The van der Waals surface area contributed by atoms with Crippen molar-refractivity contribution < 1.29 is 18.9 Å². The second kappa shape index (κ2) is 20.0. The molecule has 2 aliphatic heterocycles. The van der Waals surface area contributed by atoms with Crippen molar-refractivity contribution in [3.63, 3.8) is 0 Å². The minimum absolute atomic E-state index is 0.0838. The van der Waals surface area contributed by atoms with Crippen LogP contribution in [0.15, 0.2) is 21.1 Å². The van der Waals surface area contributed by atoms with Gasteiger partial charge in [0.2, 0.25) is 0 Å². The monoisotopic (exact) mass is 1080 g/mol. The van der Waals surface area contributed by atoms with Crippen LogP contribution in [0.4, 0.5) is 0 Å². The number of hydrogen-bond acceptors (Lipinski definition) is 8. The third-order valence-corrected chi connectivity index (χ3v) is 13.8. The molecule has 2 N–H and O–H groups in total. The zero-order chi connectivity index (χ0) is 44.7. The molecular formula is C46H64Br4N6O4. The van der Waals surface area contributed by atoms with E-state index < -0.39 is 0 Å². The van der Waals surface area contributed by atoms with Gasteiger partial charge in [0.05, 0.1) is 35.9 Å². The highest BCUT2D eigenvalue weighted by atomic mass is 79.9. The largest absolute Gasteiger partial charge is 0.486 e. The Morgan fingerprint density at radius 1 is 0.400 bits per heavy atom. The average molecular weight is 1080 g/mol. The maximum absolute atomic E-state index is 6.93. The van der Waals surface area contributed by atoms with Gasteiger partial charge in [-0.2, -0.15) is 0 Å². The van der Waals surface area contributed by atoms with Crippen LogP contribution in [0.2, 0.25) is 0 Å². The molecule has 0 aromatic carbocycles. The van der Waals surface area contributed by atoms with Crippen LogP contribution in [-0.2, 0) is 9.47 Å². The van der Waals surface area contributed by atoms with Crippen LogP contribution in [-0.4, -0.2) is 54.3 Å². The smallest absolute Gasteiger partial charge is 0.199 e. The number of nitrogens with one attached hydrogen (secondary N) is 2. The predicted octanol–water partition coefficient (Wildman–Crippen LogP) is 14.6. The molecule has 0 amide bonds. The molecule has 0 saturated carbocycles. The van der Waals surface area contributed by atoms with E-state index in [0.29, 0.717) is 80.8 Å². The van der Waals surface area contributed by atoms with Crippen molar-refractivity contribution in [1.82, 2.24) is 29.9 Å². The summed E-state index contributed by atoms with van der Waals surface area (Å²) in [5, 5.41) is 0. The molecule has 0 spiro atoms. The van der Waals surface area contributed by atoms with E-state index in [1.807, 2.05) is 12.1 Å². The fourth-order valence-corrected chi connectivity index (χ4v) is 10.1. The Morgan fingerprint density at radius 3 is 1.15 bits per heavy atom. The van der Waals surface area contributed by atoms with Gasteiger partial charge >= 0.3 is 0 Å². The summed E-state index contributed by atoms with van der Waals surface area (Å²) in [5.74, 6) is 4.96. The van der Waals surface area contributed by atoms with Gasteiger partial charge < -0.3 is 28.9 Å². The van der Waals surface area contributed by atoms with Crippen LogP contribution >= 0.6 is 63.7 Å². The van der Waals surface area contributed by atoms with E-state index in [2.05, 4.69) is 184 Å². The second-order valence-electron chi connectivity index (χ2n) is 18.8. The molecule has 10 nitrogen and oxygen atoms in total. The maximum Gasteiger partial charge on any atom is 0.199 e. The van der Waals surface area contributed by atoms with Crippen LogP contribution in [0.25, 0.3) is 42.8 Å². The molecule has 3 aromatic rings. The number of halogens is 4.